The molecule has 8 heteroatoms. The van der Waals surface area contributed by atoms with Crippen molar-refractivity contribution in [1.29, 1.82) is 0 Å². The van der Waals surface area contributed by atoms with Crippen molar-refractivity contribution in [2.75, 3.05) is 20.1 Å². The molecule has 1 aliphatic rings. The summed E-state index contributed by atoms with van der Waals surface area (Å²) in [6, 6.07) is 8.09. The van der Waals surface area contributed by atoms with E-state index in [0.717, 1.165) is 41.3 Å². The number of fused-ring (bicyclic) bond motifs is 1. The van der Waals surface area contributed by atoms with Crippen LogP contribution < -0.4 is 10.9 Å². The van der Waals surface area contributed by atoms with Gasteiger partial charge in [-0.3, -0.25) is 9.69 Å². The number of benzene rings is 1. The number of likely N-dealkylation sites (N-methyl/N-ethyl adjacent to an activating group) is 1. The average molecular weight is 425 g/mol. The zero-order chi connectivity index (χ0) is 18.1. The van der Waals surface area contributed by atoms with Gasteiger partial charge in [-0.25, -0.2) is 4.98 Å². The van der Waals surface area contributed by atoms with Crippen molar-refractivity contribution in [2.45, 2.75) is 25.4 Å². The second-order valence-corrected chi connectivity index (χ2v) is 7.95. The van der Waals surface area contributed by atoms with Crippen LogP contribution in [0.4, 0.5) is 0 Å². The Morgan fingerprint density at radius 3 is 2.96 bits per heavy atom. The van der Waals surface area contributed by atoms with Crippen molar-refractivity contribution in [3.8, 4) is 11.1 Å². The summed E-state index contributed by atoms with van der Waals surface area (Å²) >= 11 is 7.81. The van der Waals surface area contributed by atoms with Crippen molar-refractivity contribution in [3.63, 3.8) is 0 Å². The van der Waals surface area contributed by atoms with Crippen LogP contribution in [0, 0.1) is 0 Å². The number of H-pyrrole nitrogens is 1. The smallest absolute Gasteiger partial charge is 0.260 e. The van der Waals surface area contributed by atoms with E-state index < -0.39 is 0 Å². The molecule has 1 fully saturated rings. The second kappa shape index (κ2) is 8.71. The lowest BCUT2D eigenvalue weighted by Gasteiger charge is -2.32. The number of likely N-dealkylation sites (tertiary alicyclic amines) is 1. The molecule has 0 spiro atoms. The third kappa shape index (κ3) is 4.20. The van der Waals surface area contributed by atoms with Crippen LogP contribution in [0.1, 0.15) is 18.7 Å². The summed E-state index contributed by atoms with van der Waals surface area (Å²) in [7, 11) is 2.00. The minimum absolute atomic E-state index is 0. The highest BCUT2D eigenvalue weighted by molar-refractivity contribution is 7.17. The number of aromatic nitrogens is 2. The normalized spacial score (nSPS) is 17.8. The molecular formula is C19H22Cl2N4OS. The molecule has 1 aromatic carbocycles. The van der Waals surface area contributed by atoms with Crippen LogP contribution >= 0.6 is 35.3 Å². The standard InChI is InChI=1S/C19H21ClN4OS.ClH/c1-21-12-5-4-8-24(9-12)10-16-22-18(25)17-14(11-26-19(17)23-16)13-6-2-3-7-15(13)20;/h2-3,6-7,11-12,21H,4-5,8-10H2,1H3,(H,22,23,25);1H. The van der Waals surface area contributed by atoms with Crippen LogP contribution in [0.2, 0.25) is 5.02 Å². The Balaban J connectivity index is 0.00000210. The van der Waals surface area contributed by atoms with Crippen LogP contribution in [-0.4, -0.2) is 41.0 Å². The van der Waals surface area contributed by atoms with Crippen molar-refractivity contribution < 1.29 is 0 Å². The van der Waals surface area contributed by atoms with Gasteiger partial charge in [0.1, 0.15) is 10.7 Å². The minimum atomic E-state index is -0.0941. The van der Waals surface area contributed by atoms with E-state index in [-0.39, 0.29) is 18.0 Å². The third-order valence-corrected chi connectivity index (χ3v) is 6.15. The van der Waals surface area contributed by atoms with Gasteiger partial charge < -0.3 is 10.3 Å². The Morgan fingerprint density at radius 1 is 1.37 bits per heavy atom. The Bertz CT molecular complexity index is 987. The Morgan fingerprint density at radius 2 is 2.19 bits per heavy atom. The molecule has 2 N–H and O–H groups in total. The number of hydrogen-bond donors (Lipinski definition) is 2. The third-order valence-electron chi connectivity index (χ3n) is 4.94. The van der Waals surface area contributed by atoms with Crippen LogP contribution in [-0.2, 0) is 6.54 Å². The van der Waals surface area contributed by atoms with Gasteiger partial charge in [-0.15, -0.1) is 23.7 Å². The highest BCUT2D eigenvalue weighted by atomic mass is 35.5. The Hall–Kier alpha value is -1.44. The van der Waals surface area contributed by atoms with Crippen LogP contribution in [0.25, 0.3) is 21.3 Å². The van der Waals surface area contributed by atoms with E-state index in [1.54, 1.807) is 0 Å². The van der Waals surface area contributed by atoms with E-state index in [4.69, 9.17) is 16.6 Å². The summed E-state index contributed by atoms with van der Waals surface area (Å²) in [5.41, 5.74) is 1.63. The van der Waals surface area contributed by atoms with Crippen molar-refractivity contribution in [1.82, 2.24) is 20.2 Å². The zero-order valence-corrected chi connectivity index (χ0v) is 17.4. The topological polar surface area (TPSA) is 61.0 Å². The lowest BCUT2D eigenvalue weighted by Crippen LogP contribution is -2.44. The predicted octanol–water partition coefficient (Wildman–Crippen LogP) is 3.91. The number of piperidine rings is 1. The first-order valence-electron chi connectivity index (χ1n) is 8.80. The van der Waals surface area contributed by atoms with E-state index in [1.807, 2.05) is 36.7 Å². The van der Waals surface area contributed by atoms with Gasteiger partial charge in [0.15, 0.2) is 0 Å². The molecule has 1 saturated heterocycles. The van der Waals surface area contributed by atoms with Crippen molar-refractivity contribution >= 4 is 45.6 Å². The van der Waals surface area contributed by atoms with Gasteiger partial charge in [-0.2, -0.15) is 0 Å². The maximum Gasteiger partial charge on any atom is 0.260 e. The minimum Gasteiger partial charge on any atom is -0.316 e. The molecule has 4 rings (SSSR count). The number of nitrogens with one attached hydrogen (secondary N) is 2. The van der Waals surface area contributed by atoms with Gasteiger partial charge in [0, 0.05) is 34.1 Å². The summed E-state index contributed by atoms with van der Waals surface area (Å²) < 4.78 is 0. The molecule has 1 atom stereocenters. The number of halogens is 2. The highest BCUT2D eigenvalue weighted by Gasteiger charge is 2.20. The summed E-state index contributed by atoms with van der Waals surface area (Å²) in [5, 5.41) is 6.58. The number of rotatable bonds is 4. The zero-order valence-electron chi connectivity index (χ0n) is 15.0. The molecule has 1 unspecified atom stereocenters. The molecule has 0 radical (unpaired) electrons. The maximum atomic E-state index is 12.8. The quantitative estimate of drug-likeness (QED) is 0.666. The molecule has 144 valence electrons. The molecule has 0 amide bonds. The Kier molecular flexibility index (Phi) is 6.55. The molecule has 0 saturated carbocycles. The van der Waals surface area contributed by atoms with Crippen LogP contribution in [0.15, 0.2) is 34.4 Å². The second-order valence-electron chi connectivity index (χ2n) is 6.68. The maximum absolute atomic E-state index is 12.8. The number of aromatic amines is 1. The monoisotopic (exact) mass is 424 g/mol. The molecule has 2 aromatic heterocycles. The fourth-order valence-corrected chi connectivity index (χ4v) is 4.79. The van der Waals surface area contributed by atoms with Gasteiger partial charge in [-0.1, -0.05) is 29.8 Å². The highest BCUT2D eigenvalue weighted by Crippen LogP contribution is 2.34. The summed E-state index contributed by atoms with van der Waals surface area (Å²) in [4.78, 5) is 23.6. The molecule has 3 heterocycles. The molecule has 3 aromatic rings. The van der Waals surface area contributed by atoms with Gasteiger partial charge in [-0.05, 0) is 32.5 Å². The van der Waals surface area contributed by atoms with E-state index in [0.29, 0.717) is 23.0 Å². The van der Waals surface area contributed by atoms with Gasteiger partial charge in [0.05, 0.1) is 11.9 Å². The summed E-state index contributed by atoms with van der Waals surface area (Å²) in [5.74, 6) is 0.729. The fourth-order valence-electron chi connectivity index (χ4n) is 3.59. The molecular weight excluding hydrogens is 403 g/mol. The lowest BCUT2D eigenvalue weighted by atomic mass is 10.1. The van der Waals surface area contributed by atoms with E-state index in [2.05, 4.69) is 15.2 Å². The van der Waals surface area contributed by atoms with Crippen LogP contribution in [0.5, 0.6) is 0 Å². The first-order chi connectivity index (χ1) is 12.7. The van der Waals surface area contributed by atoms with Gasteiger partial charge >= 0.3 is 0 Å². The first kappa shape index (κ1) is 20.3. The largest absolute Gasteiger partial charge is 0.316 e. The van der Waals surface area contributed by atoms with Crippen molar-refractivity contribution in [2.24, 2.45) is 0 Å². The molecule has 27 heavy (non-hydrogen) atoms. The Labute approximate surface area is 173 Å². The first-order valence-corrected chi connectivity index (χ1v) is 10.1. The average Bonchev–Trinajstić information content (AvgIpc) is 3.06. The van der Waals surface area contributed by atoms with Gasteiger partial charge in [0.2, 0.25) is 0 Å². The number of hydrogen-bond acceptors (Lipinski definition) is 5. The SMILES string of the molecule is CNC1CCCN(Cc2nc3scc(-c4ccccc4Cl)c3c(=O)[nH]2)C1.Cl. The molecule has 5 nitrogen and oxygen atoms in total. The van der Waals surface area contributed by atoms with E-state index in [1.165, 1.54) is 17.8 Å². The summed E-state index contributed by atoms with van der Waals surface area (Å²) in [6.45, 7) is 2.69. The fraction of sp³-hybridized carbons (Fsp3) is 0.368. The summed E-state index contributed by atoms with van der Waals surface area (Å²) in [6.07, 6.45) is 2.36. The van der Waals surface area contributed by atoms with Crippen LogP contribution in [0.3, 0.4) is 0 Å². The van der Waals surface area contributed by atoms with E-state index in [9.17, 15) is 4.79 Å². The van der Waals surface area contributed by atoms with Gasteiger partial charge in [0.25, 0.3) is 5.56 Å². The predicted molar refractivity (Wildman–Crippen MR) is 115 cm³/mol. The van der Waals surface area contributed by atoms with Crippen molar-refractivity contribution in [3.05, 3.63) is 50.8 Å². The van der Waals surface area contributed by atoms with E-state index >= 15 is 0 Å². The molecule has 0 aliphatic carbocycles. The number of thiophene rings is 1. The number of nitrogens with zero attached hydrogens (tertiary/aromatic N) is 2. The molecule has 0 bridgehead atoms. The lowest BCUT2D eigenvalue weighted by molar-refractivity contribution is 0.184. The molecule has 1 aliphatic heterocycles.